The van der Waals surface area contributed by atoms with Gasteiger partial charge in [0, 0.05) is 28.7 Å². The molecule has 1 aromatic carbocycles. The summed E-state index contributed by atoms with van der Waals surface area (Å²) in [6, 6.07) is 6.51. The van der Waals surface area contributed by atoms with Crippen LogP contribution in [0.15, 0.2) is 23.1 Å². The lowest BCUT2D eigenvalue weighted by atomic mass is 10.0. The van der Waals surface area contributed by atoms with Crippen molar-refractivity contribution in [1.82, 2.24) is 4.90 Å². The largest absolute Gasteiger partial charge is 0.389 e. The number of nitrogens with two attached hydrogens (primary N) is 1. The average Bonchev–Trinajstić information content (AvgIpc) is 2.36. The summed E-state index contributed by atoms with van der Waals surface area (Å²) in [7, 11) is 4.17. The van der Waals surface area contributed by atoms with Crippen LogP contribution in [0.2, 0.25) is 0 Å². The molecule has 0 aromatic heterocycles. The van der Waals surface area contributed by atoms with E-state index in [0.717, 1.165) is 22.7 Å². The van der Waals surface area contributed by atoms with Crippen LogP contribution in [-0.2, 0) is 0 Å². The number of thioether (sulfide) groups is 1. The van der Waals surface area contributed by atoms with Gasteiger partial charge in [0.2, 0.25) is 0 Å². The Morgan fingerprint density at radius 1 is 1.40 bits per heavy atom. The van der Waals surface area contributed by atoms with Gasteiger partial charge < -0.3 is 16.0 Å². The van der Waals surface area contributed by atoms with E-state index < -0.39 is 0 Å². The van der Waals surface area contributed by atoms with Gasteiger partial charge in [-0.1, -0.05) is 32.1 Å². The van der Waals surface area contributed by atoms with Crippen LogP contribution in [0, 0.1) is 5.92 Å². The zero-order chi connectivity index (χ0) is 15.3. The van der Waals surface area contributed by atoms with Gasteiger partial charge in [-0.15, -0.1) is 11.8 Å². The highest BCUT2D eigenvalue weighted by Crippen LogP contribution is 2.28. The lowest BCUT2D eigenvalue weighted by molar-refractivity contribution is 0.344. The Bertz CT molecular complexity index is 458. The van der Waals surface area contributed by atoms with Gasteiger partial charge in [0.05, 0.1) is 0 Å². The monoisotopic (exact) mass is 311 g/mol. The van der Waals surface area contributed by atoms with Gasteiger partial charge in [-0.05, 0) is 38.4 Å². The second kappa shape index (κ2) is 7.86. The summed E-state index contributed by atoms with van der Waals surface area (Å²) < 4.78 is 0. The Hall–Kier alpha value is -0.780. The van der Waals surface area contributed by atoms with E-state index in [4.69, 9.17) is 18.0 Å². The molecule has 0 bridgehead atoms. The molecule has 0 fully saturated rings. The van der Waals surface area contributed by atoms with E-state index in [0.29, 0.717) is 16.9 Å². The van der Waals surface area contributed by atoms with Crippen molar-refractivity contribution in [2.45, 2.75) is 24.8 Å². The van der Waals surface area contributed by atoms with Crippen molar-refractivity contribution in [2.24, 2.45) is 11.7 Å². The van der Waals surface area contributed by atoms with Crippen molar-refractivity contribution >= 4 is 34.7 Å². The van der Waals surface area contributed by atoms with Gasteiger partial charge in [-0.25, -0.2) is 0 Å². The second-order valence-electron chi connectivity index (χ2n) is 5.50. The molecule has 1 unspecified atom stereocenters. The molecule has 0 aliphatic rings. The van der Waals surface area contributed by atoms with Gasteiger partial charge in [-0.3, -0.25) is 0 Å². The zero-order valence-electron chi connectivity index (χ0n) is 12.9. The average molecular weight is 312 g/mol. The number of anilines is 1. The van der Waals surface area contributed by atoms with Crippen LogP contribution >= 0.6 is 24.0 Å². The Labute approximate surface area is 132 Å². The first-order valence-corrected chi connectivity index (χ1v) is 8.38. The Morgan fingerprint density at radius 2 is 2.05 bits per heavy atom. The summed E-state index contributed by atoms with van der Waals surface area (Å²) in [6.07, 6.45) is 2.04. The van der Waals surface area contributed by atoms with Gasteiger partial charge >= 0.3 is 0 Å². The minimum absolute atomic E-state index is 0.357. The minimum Gasteiger partial charge on any atom is -0.389 e. The summed E-state index contributed by atoms with van der Waals surface area (Å²) in [5, 5.41) is 3.61. The number of hydrogen-bond donors (Lipinski definition) is 2. The van der Waals surface area contributed by atoms with E-state index in [1.54, 1.807) is 11.8 Å². The SMILES string of the molecule is CSc1cccc(NC(CN(C)C)C(C)C)c1C(N)=S. The first-order chi connectivity index (χ1) is 9.36. The van der Waals surface area contributed by atoms with Crippen LogP contribution in [-0.4, -0.2) is 42.8 Å². The van der Waals surface area contributed by atoms with E-state index in [1.165, 1.54) is 0 Å². The number of hydrogen-bond acceptors (Lipinski definition) is 4. The normalized spacial score (nSPS) is 12.8. The zero-order valence-corrected chi connectivity index (χ0v) is 14.6. The van der Waals surface area contributed by atoms with Crippen molar-refractivity contribution < 1.29 is 0 Å². The number of benzene rings is 1. The predicted molar refractivity (Wildman–Crippen MR) is 94.9 cm³/mol. The molecule has 0 saturated heterocycles. The number of nitrogens with one attached hydrogen (secondary N) is 1. The maximum Gasteiger partial charge on any atom is 0.107 e. The third kappa shape index (κ3) is 4.65. The highest BCUT2D eigenvalue weighted by atomic mass is 32.2. The number of nitrogens with zero attached hydrogens (tertiary/aromatic N) is 1. The fourth-order valence-electron chi connectivity index (χ4n) is 2.09. The van der Waals surface area contributed by atoms with Gasteiger partial charge in [0.15, 0.2) is 0 Å². The van der Waals surface area contributed by atoms with Gasteiger partial charge in [-0.2, -0.15) is 0 Å². The Kier molecular flexibility index (Phi) is 6.79. The molecule has 3 N–H and O–H groups in total. The van der Waals surface area contributed by atoms with Crippen LogP contribution in [0.4, 0.5) is 5.69 Å². The molecular formula is C15H25N3S2. The first-order valence-electron chi connectivity index (χ1n) is 6.74. The quantitative estimate of drug-likeness (QED) is 0.598. The fraction of sp³-hybridized carbons (Fsp3) is 0.533. The molecular weight excluding hydrogens is 286 g/mol. The fourth-order valence-corrected chi connectivity index (χ4v) is 3.02. The molecule has 0 aliphatic heterocycles. The maximum atomic E-state index is 5.91. The topological polar surface area (TPSA) is 41.3 Å². The van der Waals surface area contributed by atoms with E-state index in [2.05, 4.69) is 50.3 Å². The van der Waals surface area contributed by atoms with Gasteiger partial charge in [0.1, 0.15) is 4.99 Å². The van der Waals surface area contributed by atoms with Crippen LogP contribution in [0.3, 0.4) is 0 Å². The second-order valence-corrected chi connectivity index (χ2v) is 6.79. The molecule has 0 heterocycles. The highest BCUT2D eigenvalue weighted by Gasteiger charge is 2.18. The van der Waals surface area contributed by atoms with E-state index in [1.807, 2.05) is 12.3 Å². The van der Waals surface area contributed by atoms with E-state index in [9.17, 15) is 0 Å². The van der Waals surface area contributed by atoms with Crippen molar-refractivity contribution in [3.63, 3.8) is 0 Å². The van der Waals surface area contributed by atoms with Crippen molar-refractivity contribution in [2.75, 3.05) is 32.2 Å². The first kappa shape index (κ1) is 17.3. The number of likely N-dealkylation sites (N-methyl/N-ethyl adjacent to an activating group) is 1. The molecule has 0 saturated carbocycles. The summed E-state index contributed by atoms with van der Waals surface area (Å²) in [5.74, 6) is 0.523. The maximum absolute atomic E-state index is 5.91. The van der Waals surface area contributed by atoms with Crippen molar-refractivity contribution in [3.05, 3.63) is 23.8 Å². The lowest BCUT2D eigenvalue weighted by Crippen LogP contribution is -2.37. The summed E-state index contributed by atoms with van der Waals surface area (Å²) in [4.78, 5) is 3.76. The summed E-state index contributed by atoms with van der Waals surface area (Å²) in [5.41, 5.74) is 7.90. The molecule has 0 spiro atoms. The van der Waals surface area contributed by atoms with Crippen LogP contribution in [0.1, 0.15) is 19.4 Å². The molecule has 0 aliphatic carbocycles. The van der Waals surface area contributed by atoms with E-state index in [-0.39, 0.29) is 0 Å². The van der Waals surface area contributed by atoms with Crippen molar-refractivity contribution in [1.29, 1.82) is 0 Å². The summed E-state index contributed by atoms with van der Waals surface area (Å²) in [6.45, 7) is 5.41. The Balaban J connectivity index is 3.09. The predicted octanol–water partition coefficient (Wildman–Crippen LogP) is 3.04. The molecule has 1 atom stereocenters. The van der Waals surface area contributed by atoms with Crippen LogP contribution in [0.25, 0.3) is 0 Å². The number of rotatable bonds is 7. The van der Waals surface area contributed by atoms with Crippen molar-refractivity contribution in [3.8, 4) is 0 Å². The molecule has 3 nitrogen and oxygen atoms in total. The molecule has 1 aromatic rings. The molecule has 112 valence electrons. The van der Waals surface area contributed by atoms with E-state index >= 15 is 0 Å². The smallest absolute Gasteiger partial charge is 0.107 e. The Morgan fingerprint density at radius 3 is 2.50 bits per heavy atom. The molecule has 5 heteroatoms. The number of thiocarbonyl (C=S) groups is 1. The third-order valence-corrected chi connectivity index (χ3v) is 4.18. The lowest BCUT2D eigenvalue weighted by Gasteiger charge is -2.28. The molecule has 20 heavy (non-hydrogen) atoms. The summed E-state index contributed by atoms with van der Waals surface area (Å²) >= 11 is 6.89. The van der Waals surface area contributed by atoms with Crippen LogP contribution < -0.4 is 11.1 Å². The third-order valence-electron chi connectivity index (χ3n) is 3.20. The molecule has 0 amide bonds. The highest BCUT2D eigenvalue weighted by molar-refractivity contribution is 7.98. The standard InChI is InChI=1S/C15H25N3S2/c1-10(2)12(9-18(3)4)17-11-7-6-8-13(20-5)14(11)15(16)19/h6-8,10,12,17H,9H2,1-5H3,(H2,16,19). The molecule has 1 rings (SSSR count). The minimum atomic E-state index is 0.357. The molecule has 0 radical (unpaired) electrons. The van der Waals surface area contributed by atoms with Gasteiger partial charge in [0.25, 0.3) is 0 Å². The van der Waals surface area contributed by atoms with Crippen LogP contribution in [0.5, 0.6) is 0 Å².